The Morgan fingerprint density at radius 3 is 2.56 bits per heavy atom. The molecule has 3 rings (SSSR count). The SMILES string of the molecule is CC1(C)CC(Nc2ccnc(-c3cccc(CO)c3)n2)CC(C)(C)N1. The molecule has 0 amide bonds. The molecule has 5 nitrogen and oxygen atoms in total. The van der Waals surface area contributed by atoms with Crippen LogP contribution in [0.3, 0.4) is 0 Å². The number of aliphatic hydroxyl groups excluding tert-OH is 1. The smallest absolute Gasteiger partial charge is 0.161 e. The molecule has 1 aromatic heterocycles. The summed E-state index contributed by atoms with van der Waals surface area (Å²) in [5, 5.41) is 16.6. The molecule has 134 valence electrons. The zero-order chi connectivity index (χ0) is 18.1. The van der Waals surface area contributed by atoms with Crippen molar-refractivity contribution in [3.63, 3.8) is 0 Å². The summed E-state index contributed by atoms with van der Waals surface area (Å²) < 4.78 is 0. The number of piperidine rings is 1. The number of aromatic nitrogens is 2. The van der Waals surface area contributed by atoms with Gasteiger partial charge in [-0.05, 0) is 58.2 Å². The van der Waals surface area contributed by atoms with Crippen molar-refractivity contribution >= 4 is 5.82 Å². The highest BCUT2D eigenvalue weighted by molar-refractivity contribution is 5.58. The van der Waals surface area contributed by atoms with E-state index < -0.39 is 0 Å². The summed E-state index contributed by atoms with van der Waals surface area (Å²) in [5.74, 6) is 1.52. The normalized spacial score (nSPS) is 19.6. The molecule has 25 heavy (non-hydrogen) atoms. The second-order valence-electron chi connectivity index (χ2n) is 8.27. The van der Waals surface area contributed by atoms with Gasteiger partial charge in [-0.15, -0.1) is 0 Å². The number of nitrogens with zero attached hydrogens (tertiary/aromatic N) is 2. The molecule has 1 aliphatic heterocycles. The molecule has 5 heteroatoms. The van der Waals surface area contributed by atoms with Gasteiger partial charge >= 0.3 is 0 Å². The Labute approximate surface area is 149 Å². The molecule has 2 aromatic rings. The van der Waals surface area contributed by atoms with Gasteiger partial charge in [0.05, 0.1) is 6.61 Å². The number of benzene rings is 1. The molecule has 0 saturated carbocycles. The predicted molar refractivity (Wildman–Crippen MR) is 101 cm³/mol. The van der Waals surface area contributed by atoms with Gasteiger partial charge in [-0.25, -0.2) is 9.97 Å². The van der Waals surface area contributed by atoms with Crippen molar-refractivity contribution in [1.29, 1.82) is 0 Å². The van der Waals surface area contributed by atoms with E-state index in [9.17, 15) is 5.11 Å². The van der Waals surface area contributed by atoms with Crippen molar-refractivity contribution in [2.24, 2.45) is 0 Å². The van der Waals surface area contributed by atoms with Crippen LogP contribution in [0.2, 0.25) is 0 Å². The minimum absolute atomic E-state index is 0.0189. The van der Waals surface area contributed by atoms with E-state index in [0.29, 0.717) is 11.9 Å². The number of anilines is 1. The standard InChI is InChI=1S/C20H28N4O/c1-19(2)11-16(12-20(3,4)24-19)22-17-8-9-21-18(23-17)15-7-5-6-14(10-15)13-25/h5-10,16,24-25H,11-13H2,1-4H3,(H,21,22,23). The van der Waals surface area contributed by atoms with Crippen LogP contribution in [0.1, 0.15) is 46.1 Å². The van der Waals surface area contributed by atoms with Crippen molar-refractivity contribution in [1.82, 2.24) is 15.3 Å². The average Bonchev–Trinajstić information content (AvgIpc) is 2.52. The third-order valence-corrected chi connectivity index (χ3v) is 4.57. The van der Waals surface area contributed by atoms with Gasteiger partial charge in [0.15, 0.2) is 5.82 Å². The molecule has 0 atom stereocenters. The molecule has 3 N–H and O–H groups in total. The maximum Gasteiger partial charge on any atom is 0.161 e. The minimum atomic E-state index is 0.0189. The van der Waals surface area contributed by atoms with Gasteiger partial charge in [0.1, 0.15) is 5.82 Å². The summed E-state index contributed by atoms with van der Waals surface area (Å²) in [5.41, 5.74) is 1.96. The Hall–Kier alpha value is -1.98. The monoisotopic (exact) mass is 340 g/mol. The summed E-state index contributed by atoms with van der Waals surface area (Å²) in [6, 6.07) is 9.98. The van der Waals surface area contributed by atoms with Crippen LogP contribution < -0.4 is 10.6 Å². The topological polar surface area (TPSA) is 70.1 Å². The maximum absolute atomic E-state index is 9.32. The second-order valence-corrected chi connectivity index (χ2v) is 8.27. The van der Waals surface area contributed by atoms with Crippen molar-refractivity contribution in [2.45, 2.75) is 64.3 Å². The van der Waals surface area contributed by atoms with Crippen LogP contribution >= 0.6 is 0 Å². The van der Waals surface area contributed by atoms with E-state index in [2.05, 4.69) is 48.3 Å². The lowest BCUT2D eigenvalue weighted by Crippen LogP contribution is -2.60. The zero-order valence-corrected chi connectivity index (χ0v) is 15.5. The Balaban J connectivity index is 1.80. The molecule has 0 bridgehead atoms. The van der Waals surface area contributed by atoms with Crippen LogP contribution in [0.4, 0.5) is 5.82 Å². The van der Waals surface area contributed by atoms with E-state index >= 15 is 0 Å². The molecular formula is C20H28N4O. The fraction of sp³-hybridized carbons (Fsp3) is 0.500. The van der Waals surface area contributed by atoms with Crippen LogP contribution in [-0.4, -0.2) is 32.2 Å². The van der Waals surface area contributed by atoms with Gasteiger partial charge in [0.25, 0.3) is 0 Å². The molecule has 1 saturated heterocycles. The maximum atomic E-state index is 9.32. The van der Waals surface area contributed by atoms with E-state index in [0.717, 1.165) is 29.8 Å². The summed E-state index contributed by atoms with van der Waals surface area (Å²) in [6.07, 6.45) is 3.86. The van der Waals surface area contributed by atoms with E-state index in [1.165, 1.54) is 0 Å². The van der Waals surface area contributed by atoms with Gasteiger partial charge in [-0.1, -0.05) is 18.2 Å². The van der Waals surface area contributed by atoms with Crippen LogP contribution in [-0.2, 0) is 6.61 Å². The molecule has 0 aliphatic carbocycles. The first kappa shape index (κ1) is 17.8. The summed E-state index contributed by atoms with van der Waals surface area (Å²) in [6.45, 7) is 9.00. The molecule has 0 spiro atoms. The first-order chi connectivity index (χ1) is 11.8. The number of rotatable bonds is 4. The van der Waals surface area contributed by atoms with Gasteiger partial charge < -0.3 is 15.7 Å². The first-order valence-corrected chi connectivity index (χ1v) is 8.85. The van der Waals surface area contributed by atoms with Crippen LogP contribution in [0.5, 0.6) is 0 Å². The highest BCUT2D eigenvalue weighted by atomic mass is 16.3. The largest absolute Gasteiger partial charge is 0.392 e. The highest BCUT2D eigenvalue weighted by Gasteiger charge is 2.37. The van der Waals surface area contributed by atoms with E-state index in [-0.39, 0.29) is 17.7 Å². The van der Waals surface area contributed by atoms with Crippen LogP contribution in [0.25, 0.3) is 11.4 Å². The Kier molecular flexibility index (Phi) is 4.80. The minimum Gasteiger partial charge on any atom is -0.392 e. The molecule has 0 unspecified atom stereocenters. The second kappa shape index (κ2) is 6.73. The molecule has 2 heterocycles. The molecule has 1 aliphatic rings. The van der Waals surface area contributed by atoms with Gasteiger partial charge in [-0.3, -0.25) is 0 Å². The average molecular weight is 340 g/mol. The lowest BCUT2D eigenvalue weighted by atomic mass is 9.79. The number of hydrogen-bond donors (Lipinski definition) is 3. The summed E-state index contributed by atoms with van der Waals surface area (Å²) >= 11 is 0. The first-order valence-electron chi connectivity index (χ1n) is 8.85. The lowest BCUT2D eigenvalue weighted by Gasteiger charge is -2.46. The van der Waals surface area contributed by atoms with Crippen molar-refractivity contribution in [3.05, 3.63) is 42.1 Å². The number of aliphatic hydroxyl groups is 1. The van der Waals surface area contributed by atoms with E-state index in [4.69, 9.17) is 0 Å². The van der Waals surface area contributed by atoms with Crippen molar-refractivity contribution in [2.75, 3.05) is 5.32 Å². The quantitative estimate of drug-likeness (QED) is 0.796. The Bertz CT molecular complexity index is 726. The third-order valence-electron chi connectivity index (χ3n) is 4.57. The van der Waals surface area contributed by atoms with E-state index in [1.54, 1.807) is 6.20 Å². The Morgan fingerprint density at radius 2 is 1.88 bits per heavy atom. The molecule has 1 fully saturated rings. The summed E-state index contributed by atoms with van der Waals surface area (Å²) in [7, 11) is 0. The Morgan fingerprint density at radius 1 is 1.16 bits per heavy atom. The molecular weight excluding hydrogens is 312 g/mol. The van der Waals surface area contributed by atoms with Gasteiger partial charge in [-0.2, -0.15) is 0 Å². The lowest BCUT2D eigenvalue weighted by molar-refractivity contribution is 0.170. The van der Waals surface area contributed by atoms with Crippen molar-refractivity contribution < 1.29 is 5.11 Å². The number of nitrogens with one attached hydrogen (secondary N) is 2. The van der Waals surface area contributed by atoms with E-state index in [1.807, 2.05) is 30.3 Å². The summed E-state index contributed by atoms with van der Waals surface area (Å²) in [4.78, 5) is 9.07. The van der Waals surface area contributed by atoms with Crippen molar-refractivity contribution in [3.8, 4) is 11.4 Å². The van der Waals surface area contributed by atoms with Gasteiger partial charge in [0.2, 0.25) is 0 Å². The van der Waals surface area contributed by atoms with Gasteiger partial charge in [0, 0.05) is 28.9 Å². The third kappa shape index (κ3) is 4.55. The molecule has 0 radical (unpaired) electrons. The van der Waals surface area contributed by atoms with Crippen LogP contribution in [0, 0.1) is 0 Å². The zero-order valence-electron chi connectivity index (χ0n) is 15.5. The fourth-order valence-electron chi connectivity index (χ4n) is 4.02. The predicted octanol–water partition coefficient (Wildman–Crippen LogP) is 3.36. The molecule has 1 aromatic carbocycles. The highest BCUT2D eigenvalue weighted by Crippen LogP contribution is 2.30. The van der Waals surface area contributed by atoms with Crippen LogP contribution in [0.15, 0.2) is 36.5 Å². The fourth-order valence-corrected chi connectivity index (χ4v) is 4.02. The number of hydrogen-bond acceptors (Lipinski definition) is 5.